The van der Waals surface area contributed by atoms with Crippen LogP contribution in [-0.2, 0) is 9.59 Å². The lowest BCUT2D eigenvalue weighted by Crippen LogP contribution is -2.38. The molecule has 3 rings (SSSR count). The van der Waals surface area contributed by atoms with Crippen LogP contribution in [0.2, 0.25) is 0 Å². The van der Waals surface area contributed by atoms with Crippen molar-refractivity contribution in [2.24, 2.45) is 5.10 Å². The number of hydrogen-bond donors (Lipinski definition) is 1. The van der Waals surface area contributed by atoms with Crippen LogP contribution in [0, 0.1) is 5.82 Å². The van der Waals surface area contributed by atoms with Crippen molar-refractivity contribution in [3.8, 4) is 0 Å². The van der Waals surface area contributed by atoms with Gasteiger partial charge in [-0.1, -0.05) is 42.5 Å². The van der Waals surface area contributed by atoms with Gasteiger partial charge in [-0.2, -0.15) is 18.3 Å². The maximum Gasteiger partial charge on any atom is 0.412 e. The molecular formula is C21H19F4N3O2. The Morgan fingerprint density at radius 1 is 1.03 bits per heavy atom. The lowest BCUT2D eigenvalue weighted by molar-refractivity contribution is -0.163. The largest absolute Gasteiger partial charge is 0.412 e. The van der Waals surface area contributed by atoms with Crippen molar-refractivity contribution in [1.29, 1.82) is 0 Å². The first kappa shape index (κ1) is 21.5. The molecule has 1 atom stereocenters. The van der Waals surface area contributed by atoms with E-state index in [2.05, 4.69) is 5.10 Å². The predicted molar refractivity (Wildman–Crippen MR) is 102 cm³/mol. The Labute approximate surface area is 170 Å². The Hall–Kier alpha value is -3.23. The highest BCUT2D eigenvalue weighted by Gasteiger charge is 2.41. The summed E-state index contributed by atoms with van der Waals surface area (Å²) in [5.41, 5.74) is 1.33. The highest BCUT2D eigenvalue weighted by atomic mass is 19.4. The van der Waals surface area contributed by atoms with Crippen molar-refractivity contribution in [2.45, 2.75) is 31.5 Å². The molecule has 0 fully saturated rings. The second-order valence-electron chi connectivity index (χ2n) is 6.77. The van der Waals surface area contributed by atoms with Gasteiger partial charge in [0.25, 0.3) is 0 Å². The number of carbonyl (C=O) groups excluding carboxylic acids is 2. The summed E-state index contributed by atoms with van der Waals surface area (Å²) < 4.78 is 52.9. The summed E-state index contributed by atoms with van der Waals surface area (Å²) >= 11 is 0. The lowest BCUT2D eigenvalue weighted by Gasteiger charge is -2.22. The first-order valence-electron chi connectivity index (χ1n) is 9.29. The van der Waals surface area contributed by atoms with E-state index in [1.165, 1.54) is 5.01 Å². The summed E-state index contributed by atoms with van der Waals surface area (Å²) in [6.07, 6.45) is -4.89. The molecule has 0 spiro atoms. The van der Waals surface area contributed by atoms with E-state index < -0.39 is 36.3 Å². The minimum atomic E-state index is -4.76. The van der Waals surface area contributed by atoms with Crippen LogP contribution in [0.15, 0.2) is 59.7 Å². The van der Waals surface area contributed by atoms with E-state index in [1.807, 2.05) is 35.6 Å². The van der Waals surface area contributed by atoms with Gasteiger partial charge in [0.15, 0.2) is 6.04 Å². The molecule has 0 aliphatic carbocycles. The molecule has 0 aromatic heterocycles. The van der Waals surface area contributed by atoms with Crippen LogP contribution in [0.4, 0.5) is 17.6 Å². The van der Waals surface area contributed by atoms with Gasteiger partial charge in [-0.25, -0.2) is 9.40 Å². The van der Waals surface area contributed by atoms with E-state index in [-0.39, 0.29) is 12.0 Å². The molecule has 0 saturated heterocycles. The number of alkyl halides is 3. The van der Waals surface area contributed by atoms with E-state index in [1.54, 1.807) is 0 Å². The molecule has 2 aromatic rings. The van der Waals surface area contributed by atoms with Gasteiger partial charge < -0.3 is 5.32 Å². The van der Waals surface area contributed by atoms with Crippen molar-refractivity contribution in [1.82, 2.24) is 10.3 Å². The summed E-state index contributed by atoms with van der Waals surface area (Å²) in [5, 5.41) is 7.36. The molecule has 0 saturated carbocycles. The van der Waals surface area contributed by atoms with E-state index in [0.29, 0.717) is 13.0 Å². The zero-order chi connectivity index (χ0) is 21.7. The molecule has 30 heavy (non-hydrogen) atoms. The van der Waals surface area contributed by atoms with Crippen LogP contribution >= 0.6 is 0 Å². The molecule has 1 unspecified atom stereocenters. The zero-order valence-electron chi connectivity index (χ0n) is 15.8. The summed E-state index contributed by atoms with van der Waals surface area (Å²) in [5.74, 6) is -2.06. The van der Waals surface area contributed by atoms with Crippen molar-refractivity contribution >= 4 is 17.5 Å². The zero-order valence-corrected chi connectivity index (χ0v) is 15.8. The Bertz CT molecular complexity index is 928. The summed E-state index contributed by atoms with van der Waals surface area (Å²) in [6.45, 7) is 0.353. The molecule has 0 bridgehead atoms. The number of hydrogen-bond acceptors (Lipinski definition) is 3. The molecule has 1 aliphatic rings. The van der Waals surface area contributed by atoms with Gasteiger partial charge in [-0.05, 0) is 23.3 Å². The Morgan fingerprint density at radius 2 is 1.70 bits per heavy atom. The molecule has 1 heterocycles. The maximum atomic E-state index is 13.3. The number of nitrogens with one attached hydrogen (secondary N) is 1. The van der Waals surface area contributed by atoms with Crippen LogP contribution < -0.4 is 5.32 Å². The van der Waals surface area contributed by atoms with Gasteiger partial charge in [0, 0.05) is 19.3 Å². The second-order valence-corrected chi connectivity index (χ2v) is 6.77. The highest BCUT2D eigenvalue weighted by Crippen LogP contribution is 2.32. The average Bonchev–Trinajstić information content (AvgIpc) is 3.21. The molecule has 0 radical (unpaired) electrons. The first-order chi connectivity index (χ1) is 14.2. The fraction of sp³-hybridized carbons (Fsp3) is 0.286. The van der Waals surface area contributed by atoms with Gasteiger partial charge in [0.1, 0.15) is 5.82 Å². The summed E-state index contributed by atoms with van der Waals surface area (Å²) in [4.78, 5) is 24.3. The van der Waals surface area contributed by atoms with Crippen LogP contribution in [0.25, 0.3) is 0 Å². The van der Waals surface area contributed by atoms with Crippen LogP contribution in [0.1, 0.15) is 36.4 Å². The predicted octanol–water partition coefficient (Wildman–Crippen LogP) is 3.96. The quantitative estimate of drug-likeness (QED) is 0.718. The van der Waals surface area contributed by atoms with Crippen molar-refractivity contribution in [3.63, 3.8) is 0 Å². The first-order valence-corrected chi connectivity index (χ1v) is 9.29. The van der Waals surface area contributed by atoms with Crippen molar-refractivity contribution in [2.75, 3.05) is 6.54 Å². The van der Waals surface area contributed by atoms with Gasteiger partial charge in [0.2, 0.25) is 11.8 Å². The minimum absolute atomic E-state index is 0.272. The normalized spacial score (nSPS) is 14.9. The highest BCUT2D eigenvalue weighted by molar-refractivity contribution is 6.02. The second kappa shape index (κ2) is 9.06. The number of rotatable bonds is 6. The molecule has 1 N–H and O–H groups in total. The molecular weight excluding hydrogens is 402 g/mol. The summed E-state index contributed by atoms with van der Waals surface area (Å²) in [7, 11) is 0. The minimum Gasteiger partial charge on any atom is -0.341 e. The van der Waals surface area contributed by atoms with Crippen molar-refractivity contribution < 1.29 is 27.2 Å². The van der Waals surface area contributed by atoms with Gasteiger partial charge in [-0.15, -0.1) is 0 Å². The smallest absolute Gasteiger partial charge is 0.341 e. The molecule has 2 aromatic carbocycles. The van der Waals surface area contributed by atoms with Crippen molar-refractivity contribution in [3.05, 3.63) is 71.5 Å². The van der Waals surface area contributed by atoms with Crippen LogP contribution in [-0.4, -0.2) is 35.3 Å². The SMILES string of the molecule is O=C(CCC(=O)N1CCC(c2ccccc2)=N1)NC(c1ccc(F)cc1)C(F)(F)F. The molecule has 2 amide bonds. The standard InChI is InChI=1S/C21H19F4N3O2/c22-16-8-6-15(7-9-16)20(21(23,24)25)26-18(29)10-11-19(30)28-13-12-17(27-28)14-4-2-1-3-5-14/h1-9,20H,10-13H2,(H,26,29). The van der Waals surface area contributed by atoms with E-state index in [0.717, 1.165) is 35.5 Å². The maximum absolute atomic E-state index is 13.3. The number of halogens is 4. The Balaban J connectivity index is 1.57. The monoisotopic (exact) mass is 421 g/mol. The fourth-order valence-corrected chi connectivity index (χ4v) is 3.06. The van der Waals surface area contributed by atoms with Crippen LogP contribution in [0.5, 0.6) is 0 Å². The van der Waals surface area contributed by atoms with Gasteiger partial charge in [-0.3, -0.25) is 9.59 Å². The Morgan fingerprint density at radius 3 is 2.33 bits per heavy atom. The fourth-order valence-electron chi connectivity index (χ4n) is 3.06. The summed E-state index contributed by atoms with van der Waals surface area (Å²) in [6, 6.07) is 10.7. The third kappa shape index (κ3) is 5.43. The number of amides is 2. The van der Waals surface area contributed by atoms with E-state index >= 15 is 0 Å². The van der Waals surface area contributed by atoms with Gasteiger partial charge >= 0.3 is 6.18 Å². The number of nitrogens with zero attached hydrogens (tertiary/aromatic N) is 2. The average molecular weight is 421 g/mol. The Kier molecular flexibility index (Phi) is 6.49. The third-order valence-electron chi connectivity index (χ3n) is 4.60. The molecule has 5 nitrogen and oxygen atoms in total. The molecule has 1 aliphatic heterocycles. The number of hydrazone groups is 1. The van der Waals surface area contributed by atoms with E-state index in [9.17, 15) is 27.2 Å². The lowest BCUT2D eigenvalue weighted by atomic mass is 10.1. The molecule has 9 heteroatoms. The number of carbonyl (C=O) groups is 2. The topological polar surface area (TPSA) is 61.8 Å². The van der Waals surface area contributed by atoms with Gasteiger partial charge in [0.05, 0.1) is 12.3 Å². The van der Waals surface area contributed by atoms with E-state index in [4.69, 9.17) is 0 Å². The molecule has 158 valence electrons. The number of benzene rings is 2. The van der Waals surface area contributed by atoms with Crippen LogP contribution in [0.3, 0.4) is 0 Å². The third-order valence-corrected chi connectivity index (χ3v) is 4.60.